The molecule has 102 valence electrons. The second-order valence-corrected chi connectivity index (χ2v) is 4.63. The molecule has 0 saturated carbocycles. The van der Waals surface area contributed by atoms with Crippen molar-refractivity contribution in [3.8, 4) is 0 Å². The number of rotatable bonds is 6. The third-order valence-corrected chi connectivity index (χ3v) is 3.48. The molecule has 0 radical (unpaired) electrons. The Morgan fingerprint density at radius 3 is 2.42 bits per heavy atom. The van der Waals surface area contributed by atoms with Gasteiger partial charge in [-0.3, -0.25) is 4.68 Å². The van der Waals surface area contributed by atoms with Gasteiger partial charge in [-0.1, -0.05) is 30.3 Å². The second kappa shape index (κ2) is 5.95. The first kappa shape index (κ1) is 13.7. The Labute approximate surface area is 112 Å². The molecule has 5 heteroatoms. The quantitative estimate of drug-likeness (QED) is 0.805. The lowest BCUT2D eigenvalue weighted by Gasteiger charge is -2.30. The number of benzene rings is 1. The summed E-state index contributed by atoms with van der Waals surface area (Å²) in [5, 5.41) is 23.7. The normalized spacial score (nSPS) is 11.7. The van der Waals surface area contributed by atoms with Crippen LogP contribution in [-0.2, 0) is 18.4 Å². The Bertz CT molecular complexity index is 506. The molecule has 19 heavy (non-hydrogen) atoms. The first-order valence-corrected chi connectivity index (χ1v) is 6.39. The number of aliphatic hydroxyl groups excluding tert-OH is 2. The molecular formula is C14H19N3O2. The van der Waals surface area contributed by atoms with Crippen LogP contribution in [0.5, 0.6) is 0 Å². The first-order chi connectivity index (χ1) is 9.25. The van der Waals surface area contributed by atoms with E-state index in [1.165, 1.54) is 6.33 Å². The Morgan fingerprint density at radius 1 is 1.16 bits per heavy atom. The van der Waals surface area contributed by atoms with Crippen molar-refractivity contribution < 1.29 is 10.2 Å². The number of nitrogens with zero attached hydrogens (tertiary/aromatic N) is 3. The highest BCUT2D eigenvalue weighted by Crippen LogP contribution is 2.27. The first-order valence-electron chi connectivity index (χ1n) is 6.39. The minimum Gasteiger partial charge on any atom is -0.395 e. The Balaban J connectivity index is 2.35. The van der Waals surface area contributed by atoms with Crippen molar-refractivity contribution in [3.05, 3.63) is 48.0 Å². The molecule has 5 nitrogen and oxygen atoms in total. The van der Waals surface area contributed by atoms with Crippen molar-refractivity contribution in [3.63, 3.8) is 0 Å². The molecule has 0 amide bonds. The highest BCUT2D eigenvalue weighted by molar-refractivity contribution is 5.27. The Kier molecular flexibility index (Phi) is 4.29. The Hall–Kier alpha value is -1.72. The topological polar surface area (TPSA) is 71.2 Å². The molecule has 0 atom stereocenters. The van der Waals surface area contributed by atoms with Crippen LogP contribution in [0.2, 0.25) is 0 Å². The van der Waals surface area contributed by atoms with E-state index in [4.69, 9.17) is 0 Å². The van der Waals surface area contributed by atoms with E-state index >= 15 is 0 Å². The predicted octanol–water partition coefficient (Wildman–Crippen LogP) is 0.763. The van der Waals surface area contributed by atoms with Crippen LogP contribution in [0.1, 0.15) is 18.3 Å². The summed E-state index contributed by atoms with van der Waals surface area (Å²) in [6.07, 6.45) is 1.96. The van der Waals surface area contributed by atoms with Crippen LogP contribution in [0.3, 0.4) is 0 Å². The van der Waals surface area contributed by atoms with Crippen LogP contribution < -0.4 is 0 Å². The van der Waals surface area contributed by atoms with Gasteiger partial charge >= 0.3 is 0 Å². The van der Waals surface area contributed by atoms with Gasteiger partial charge in [-0.2, -0.15) is 5.10 Å². The summed E-state index contributed by atoms with van der Waals surface area (Å²) < 4.78 is 1.78. The summed E-state index contributed by atoms with van der Waals surface area (Å²) >= 11 is 0. The maximum atomic E-state index is 9.77. The minimum absolute atomic E-state index is 0.135. The van der Waals surface area contributed by atoms with E-state index in [-0.39, 0.29) is 13.2 Å². The van der Waals surface area contributed by atoms with Crippen molar-refractivity contribution in [1.29, 1.82) is 0 Å². The average Bonchev–Trinajstić information content (AvgIpc) is 2.93. The molecular weight excluding hydrogens is 242 g/mol. The fourth-order valence-electron chi connectivity index (χ4n) is 2.23. The van der Waals surface area contributed by atoms with Gasteiger partial charge in [0.2, 0.25) is 0 Å². The zero-order valence-electron chi connectivity index (χ0n) is 11.0. The van der Waals surface area contributed by atoms with Gasteiger partial charge in [0.05, 0.1) is 13.2 Å². The van der Waals surface area contributed by atoms with E-state index in [9.17, 15) is 10.2 Å². The molecule has 2 aromatic rings. The molecule has 0 aliphatic rings. The molecule has 0 unspecified atom stereocenters. The van der Waals surface area contributed by atoms with Crippen LogP contribution in [0, 0.1) is 0 Å². The highest BCUT2D eigenvalue weighted by atomic mass is 16.3. The standard InChI is InChI=1S/C14H19N3O2/c1-2-17-13(15-11-16-17)8-14(9-18,10-19)12-6-4-3-5-7-12/h3-7,11,18-19H,2,8-10H2,1H3. The van der Waals surface area contributed by atoms with Crippen molar-refractivity contribution in [1.82, 2.24) is 14.8 Å². The molecule has 0 spiro atoms. The SMILES string of the molecule is CCn1ncnc1CC(CO)(CO)c1ccccc1. The van der Waals surface area contributed by atoms with Crippen LogP contribution in [0.25, 0.3) is 0 Å². The summed E-state index contributed by atoms with van der Waals surface area (Å²) in [4.78, 5) is 4.22. The number of hydrogen-bond acceptors (Lipinski definition) is 4. The van der Waals surface area contributed by atoms with E-state index in [1.54, 1.807) is 4.68 Å². The van der Waals surface area contributed by atoms with Crippen molar-refractivity contribution in [2.24, 2.45) is 0 Å². The van der Waals surface area contributed by atoms with Crippen LogP contribution in [0.15, 0.2) is 36.7 Å². The Morgan fingerprint density at radius 2 is 1.84 bits per heavy atom. The van der Waals surface area contributed by atoms with Crippen molar-refractivity contribution in [2.45, 2.75) is 25.3 Å². The second-order valence-electron chi connectivity index (χ2n) is 4.63. The van der Waals surface area contributed by atoms with Gasteiger partial charge in [0.1, 0.15) is 12.2 Å². The molecule has 2 rings (SSSR count). The van der Waals surface area contributed by atoms with Gasteiger partial charge in [-0.15, -0.1) is 0 Å². The third kappa shape index (κ3) is 2.67. The molecule has 1 aromatic carbocycles. The summed E-state index contributed by atoms with van der Waals surface area (Å²) in [6, 6.07) is 9.55. The zero-order valence-corrected chi connectivity index (χ0v) is 11.0. The molecule has 1 heterocycles. The third-order valence-electron chi connectivity index (χ3n) is 3.48. The zero-order chi connectivity index (χ0) is 13.7. The predicted molar refractivity (Wildman–Crippen MR) is 71.7 cm³/mol. The molecule has 0 fully saturated rings. The maximum absolute atomic E-state index is 9.77. The molecule has 1 aromatic heterocycles. The summed E-state index contributed by atoms with van der Waals surface area (Å²) in [7, 11) is 0. The number of aromatic nitrogens is 3. The minimum atomic E-state index is -0.721. The van der Waals surface area contributed by atoms with E-state index in [0.29, 0.717) is 6.42 Å². The molecule has 0 aliphatic carbocycles. The lowest BCUT2D eigenvalue weighted by molar-refractivity contribution is 0.113. The number of hydrogen-bond donors (Lipinski definition) is 2. The van der Waals surface area contributed by atoms with E-state index < -0.39 is 5.41 Å². The van der Waals surface area contributed by atoms with Crippen LogP contribution >= 0.6 is 0 Å². The monoisotopic (exact) mass is 261 g/mol. The summed E-state index contributed by atoms with van der Waals surface area (Å²) in [5.41, 5.74) is 0.187. The van der Waals surface area contributed by atoms with Crippen LogP contribution in [-0.4, -0.2) is 38.2 Å². The lowest BCUT2D eigenvalue weighted by Crippen LogP contribution is -2.38. The fraction of sp³-hybridized carbons (Fsp3) is 0.429. The van der Waals surface area contributed by atoms with Gasteiger partial charge in [0.15, 0.2) is 0 Å². The fourth-order valence-corrected chi connectivity index (χ4v) is 2.23. The van der Waals surface area contributed by atoms with Gasteiger partial charge in [0.25, 0.3) is 0 Å². The summed E-state index contributed by atoms with van der Waals surface area (Å²) in [5.74, 6) is 0.773. The van der Waals surface area contributed by atoms with Crippen LogP contribution in [0.4, 0.5) is 0 Å². The number of aryl methyl sites for hydroxylation is 1. The van der Waals surface area contributed by atoms with Crippen molar-refractivity contribution >= 4 is 0 Å². The average molecular weight is 261 g/mol. The molecule has 0 saturated heterocycles. The largest absolute Gasteiger partial charge is 0.395 e. The number of aliphatic hydroxyl groups is 2. The van der Waals surface area contributed by atoms with E-state index in [1.807, 2.05) is 37.3 Å². The van der Waals surface area contributed by atoms with Gasteiger partial charge in [0, 0.05) is 18.4 Å². The smallest absolute Gasteiger partial charge is 0.138 e. The molecule has 0 bridgehead atoms. The molecule has 2 N–H and O–H groups in total. The van der Waals surface area contributed by atoms with Gasteiger partial charge < -0.3 is 10.2 Å². The lowest BCUT2D eigenvalue weighted by atomic mass is 9.78. The highest BCUT2D eigenvalue weighted by Gasteiger charge is 2.33. The van der Waals surface area contributed by atoms with E-state index in [2.05, 4.69) is 10.1 Å². The maximum Gasteiger partial charge on any atom is 0.138 e. The molecule has 0 aliphatic heterocycles. The van der Waals surface area contributed by atoms with E-state index in [0.717, 1.165) is 17.9 Å². The van der Waals surface area contributed by atoms with Gasteiger partial charge in [-0.25, -0.2) is 4.98 Å². The summed E-state index contributed by atoms with van der Waals surface area (Å²) in [6.45, 7) is 2.44. The van der Waals surface area contributed by atoms with Gasteiger partial charge in [-0.05, 0) is 12.5 Å². The van der Waals surface area contributed by atoms with Crippen molar-refractivity contribution in [2.75, 3.05) is 13.2 Å².